The number of benzene rings is 2. The van der Waals surface area contributed by atoms with Gasteiger partial charge in [0.05, 0.1) is 0 Å². The van der Waals surface area contributed by atoms with Gasteiger partial charge in [0.2, 0.25) is 0 Å². The average Bonchev–Trinajstić information content (AvgIpc) is 2.89. The van der Waals surface area contributed by atoms with Gasteiger partial charge in [-0.15, -0.1) is 0 Å². The number of aldehydes is 3. The van der Waals surface area contributed by atoms with E-state index in [0.29, 0.717) is 12.8 Å². The van der Waals surface area contributed by atoms with Gasteiger partial charge < -0.3 is 24.6 Å². The molecule has 0 bridgehead atoms. The molecule has 3 rings (SSSR count). The maximum atomic E-state index is 10.0. The molecule has 0 amide bonds. The second-order valence-corrected chi connectivity index (χ2v) is 7.81. The van der Waals surface area contributed by atoms with E-state index < -0.39 is 0 Å². The molecule has 1 fully saturated rings. The first-order chi connectivity index (χ1) is 16.2. The third-order valence-electron chi connectivity index (χ3n) is 5.30. The number of carbonyl (C=O) groups is 3. The largest absolute Gasteiger partial charge is 0.508 e. The van der Waals surface area contributed by atoms with E-state index in [1.165, 1.54) is 37.7 Å². The van der Waals surface area contributed by atoms with Crippen LogP contribution in [0.4, 0.5) is 0 Å². The molecular weight excluding hydrogens is 416 g/mol. The molecule has 0 saturated heterocycles. The van der Waals surface area contributed by atoms with Gasteiger partial charge in [-0.1, -0.05) is 74.6 Å². The topological polar surface area (TPSA) is 91.7 Å². The Morgan fingerprint density at radius 3 is 1.67 bits per heavy atom. The van der Waals surface area contributed by atoms with Gasteiger partial charge in [-0.05, 0) is 48.4 Å². The van der Waals surface area contributed by atoms with Crippen LogP contribution >= 0.6 is 0 Å². The Bertz CT molecular complexity index is 707. The van der Waals surface area contributed by atoms with Crippen LogP contribution in [0.3, 0.4) is 0 Å². The highest BCUT2D eigenvalue weighted by Gasteiger charge is 2.11. The number of aromatic hydroxyl groups is 1. The van der Waals surface area contributed by atoms with E-state index >= 15 is 0 Å². The maximum absolute atomic E-state index is 10.0. The molecule has 0 heterocycles. The highest BCUT2D eigenvalue weighted by atomic mass is 16.3. The number of hydrogen-bond donors (Lipinski definition) is 2. The molecule has 0 radical (unpaired) electrons. The summed E-state index contributed by atoms with van der Waals surface area (Å²) in [5.41, 5.74) is 2.31. The molecule has 2 aromatic rings. The molecule has 182 valence electrons. The summed E-state index contributed by atoms with van der Waals surface area (Å²) in [5.74, 6) is 1.14. The Morgan fingerprint density at radius 1 is 0.697 bits per heavy atom. The van der Waals surface area contributed by atoms with E-state index in [9.17, 15) is 14.4 Å². The van der Waals surface area contributed by atoms with Crippen LogP contribution in [0.5, 0.6) is 5.75 Å². The van der Waals surface area contributed by atoms with Gasteiger partial charge in [-0.3, -0.25) is 0 Å². The average molecular weight is 457 g/mol. The Balaban J connectivity index is 0.000000449. The van der Waals surface area contributed by atoms with Gasteiger partial charge in [0.15, 0.2) is 0 Å². The predicted molar refractivity (Wildman–Crippen MR) is 133 cm³/mol. The number of hydrogen-bond acceptors (Lipinski definition) is 5. The Labute approximate surface area is 198 Å². The molecule has 33 heavy (non-hydrogen) atoms. The summed E-state index contributed by atoms with van der Waals surface area (Å²) in [5, 5.41) is 15.9. The highest BCUT2D eigenvalue weighted by Crippen LogP contribution is 2.26. The minimum atomic E-state index is 0.264. The number of aliphatic hydroxyl groups is 1. The van der Waals surface area contributed by atoms with E-state index in [1.807, 2.05) is 42.5 Å². The number of phenols is 1. The van der Waals surface area contributed by atoms with Crippen LogP contribution in [0.2, 0.25) is 0 Å². The first-order valence-electron chi connectivity index (χ1n) is 11.8. The van der Waals surface area contributed by atoms with E-state index in [-0.39, 0.29) is 5.75 Å². The first kappa shape index (κ1) is 30.2. The van der Waals surface area contributed by atoms with Crippen molar-refractivity contribution in [1.82, 2.24) is 0 Å². The standard InChI is InChI=1S/C9H10O2.C9H16O.C9H10O.CH4O/c10-7-1-2-8-3-5-9(11)6-4-8;2*10-8-4-7-9-5-2-1-3-6-9;1-2/h3-7,11H,1-2H2;8-9H,1-7H2;1-3,5-6,8H,4,7H2;2H,1H3. The van der Waals surface area contributed by atoms with Gasteiger partial charge in [-0.2, -0.15) is 0 Å². The lowest BCUT2D eigenvalue weighted by molar-refractivity contribution is -0.108. The summed E-state index contributed by atoms with van der Waals surface area (Å²) in [6, 6.07) is 16.9. The summed E-state index contributed by atoms with van der Waals surface area (Å²) in [4.78, 5) is 30.0. The Kier molecular flexibility index (Phi) is 20.5. The van der Waals surface area contributed by atoms with Crippen molar-refractivity contribution < 1.29 is 24.6 Å². The van der Waals surface area contributed by atoms with Gasteiger partial charge in [0, 0.05) is 26.4 Å². The van der Waals surface area contributed by atoms with Gasteiger partial charge >= 0.3 is 0 Å². The number of aryl methyl sites for hydroxylation is 2. The normalized spacial score (nSPS) is 12.4. The number of rotatable bonds is 9. The fraction of sp³-hybridized carbons (Fsp3) is 0.464. The molecule has 2 aromatic carbocycles. The summed E-state index contributed by atoms with van der Waals surface area (Å²) in [7, 11) is 1.00. The molecule has 2 N–H and O–H groups in total. The minimum absolute atomic E-state index is 0.264. The van der Waals surface area contributed by atoms with Crippen molar-refractivity contribution in [2.75, 3.05) is 7.11 Å². The zero-order chi connectivity index (χ0) is 24.6. The maximum Gasteiger partial charge on any atom is 0.120 e. The zero-order valence-corrected chi connectivity index (χ0v) is 19.9. The van der Waals surface area contributed by atoms with Crippen LogP contribution < -0.4 is 0 Å². The highest BCUT2D eigenvalue weighted by molar-refractivity contribution is 5.50. The molecule has 5 nitrogen and oxygen atoms in total. The summed E-state index contributed by atoms with van der Waals surface area (Å²) < 4.78 is 0. The van der Waals surface area contributed by atoms with Crippen LogP contribution in [0, 0.1) is 5.92 Å². The lowest BCUT2D eigenvalue weighted by Crippen LogP contribution is -2.05. The van der Waals surface area contributed by atoms with Crippen molar-refractivity contribution in [2.24, 2.45) is 5.92 Å². The summed E-state index contributed by atoms with van der Waals surface area (Å²) >= 11 is 0. The number of phenolic OH excluding ortho intramolecular Hbond substituents is 1. The van der Waals surface area contributed by atoms with Crippen LogP contribution in [0.1, 0.15) is 68.9 Å². The van der Waals surface area contributed by atoms with Crippen molar-refractivity contribution in [1.29, 1.82) is 0 Å². The molecule has 0 aromatic heterocycles. The fourth-order valence-electron chi connectivity index (χ4n) is 3.54. The molecule has 1 aliphatic rings. The second kappa shape index (κ2) is 22.4. The molecule has 1 saturated carbocycles. The van der Waals surface area contributed by atoms with Crippen molar-refractivity contribution in [2.45, 2.75) is 70.6 Å². The molecular formula is C28H40O5. The van der Waals surface area contributed by atoms with Crippen LogP contribution in [-0.4, -0.2) is 36.2 Å². The monoisotopic (exact) mass is 456 g/mol. The third-order valence-corrected chi connectivity index (χ3v) is 5.30. The number of aliphatic hydroxyl groups excluding tert-OH is 1. The summed E-state index contributed by atoms with van der Waals surface area (Å²) in [6.07, 6.45) is 14.6. The molecule has 0 spiro atoms. The molecule has 0 unspecified atom stereocenters. The molecule has 5 heteroatoms. The van der Waals surface area contributed by atoms with Crippen LogP contribution in [-0.2, 0) is 27.2 Å². The second-order valence-electron chi connectivity index (χ2n) is 7.81. The fourth-order valence-corrected chi connectivity index (χ4v) is 3.54. The lowest BCUT2D eigenvalue weighted by atomic mass is 9.86. The van der Waals surface area contributed by atoms with Crippen molar-refractivity contribution in [3.8, 4) is 5.75 Å². The van der Waals surface area contributed by atoms with Crippen LogP contribution in [0.15, 0.2) is 54.6 Å². The van der Waals surface area contributed by atoms with Gasteiger partial charge in [-0.25, -0.2) is 0 Å². The quantitative estimate of drug-likeness (QED) is 0.486. The smallest absolute Gasteiger partial charge is 0.120 e. The third kappa shape index (κ3) is 17.4. The molecule has 0 aliphatic heterocycles. The van der Waals surface area contributed by atoms with Crippen molar-refractivity contribution in [3.63, 3.8) is 0 Å². The van der Waals surface area contributed by atoms with E-state index in [2.05, 4.69) is 0 Å². The van der Waals surface area contributed by atoms with E-state index in [1.54, 1.807) is 12.1 Å². The van der Waals surface area contributed by atoms with Gasteiger partial charge in [0.25, 0.3) is 0 Å². The SMILES string of the molecule is CO.O=CCCC1CCCCC1.O=CCCc1ccc(O)cc1.O=CCCc1ccccc1. The van der Waals surface area contributed by atoms with E-state index in [4.69, 9.17) is 10.2 Å². The Morgan fingerprint density at radius 2 is 1.18 bits per heavy atom. The van der Waals surface area contributed by atoms with Gasteiger partial charge in [0.1, 0.15) is 24.6 Å². The number of carbonyl (C=O) groups excluding carboxylic acids is 3. The predicted octanol–water partition coefficient (Wildman–Crippen LogP) is 5.50. The van der Waals surface area contributed by atoms with E-state index in [0.717, 1.165) is 63.1 Å². The van der Waals surface area contributed by atoms with Crippen LogP contribution in [0.25, 0.3) is 0 Å². The lowest BCUT2D eigenvalue weighted by Gasteiger charge is -2.19. The van der Waals surface area contributed by atoms with Crippen molar-refractivity contribution >= 4 is 18.9 Å². The summed E-state index contributed by atoms with van der Waals surface area (Å²) in [6.45, 7) is 0. The first-order valence-corrected chi connectivity index (χ1v) is 11.8. The van der Waals surface area contributed by atoms with Crippen molar-refractivity contribution in [3.05, 3.63) is 65.7 Å². The molecule has 1 aliphatic carbocycles. The minimum Gasteiger partial charge on any atom is -0.508 e. The zero-order valence-electron chi connectivity index (χ0n) is 19.9. The molecule has 0 atom stereocenters. The Hall–Kier alpha value is -2.79.